The molecule has 1 aliphatic rings. The van der Waals surface area contributed by atoms with Crippen molar-refractivity contribution in [2.24, 2.45) is 11.7 Å². The van der Waals surface area contributed by atoms with Crippen LogP contribution in [0.3, 0.4) is 0 Å². The van der Waals surface area contributed by atoms with Gasteiger partial charge in [0.2, 0.25) is 0 Å². The molecule has 4 nitrogen and oxygen atoms in total. The van der Waals surface area contributed by atoms with Gasteiger partial charge in [0, 0.05) is 19.0 Å². The summed E-state index contributed by atoms with van der Waals surface area (Å²) in [6.07, 6.45) is 1.33. The van der Waals surface area contributed by atoms with E-state index in [1.807, 2.05) is 6.92 Å². The molecule has 0 bridgehead atoms. The van der Waals surface area contributed by atoms with Crippen molar-refractivity contribution in [3.8, 4) is 0 Å². The third-order valence-electron chi connectivity index (χ3n) is 2.42. The Hall–Kier alpha value is -0.610. The summed E-state index contributed by atoms with van der Waals surface area (Å²) in [6, 6.07) is 0.203. The van der Waals surface area contributed by atoms with Crippen molar-refractivity contribution in [2.45, 2.75) is 25.8 Å². The number of ether oxygens (including phenoxy) is 1. The van der Waals surface area contributed by atoms with Crippen LogP contribution in [0.2, 0.25) is 0 Å². The van der Waals surface area contributed by atoms with Crippen LogP contribution in [-0.2, 0) is 9.53 Å². The lowest BCUT2D eigenvalue weighted by molar-refractivity contribution is -0.143. The third kappa shape index (κ3) is 3.32. The fraction of sp³-hybridized carbons (Fsp3) is 0.889. The largest absolute Gasteiger partial charge is 0.466 e. The van der Waals surface area contributed by atoms with Gasteiger partial charge in [0.25, 0.3) is 0 Å². The Morgan fingerprint density at radius 3 is 2.92 bits per heavy atom. The lowest BCUT2D eigenvalue weighted by atomic mass is 9.99. The second kappa shape index (κ2) is 5.19. The third-order valence-corrected chi connectivity index (χ3v) is 2.42. The molecular formula is C9H18N2O2. The number of carbonyl (C=O) groups is 1. The Morgan fingerprint density at radius 2 is 2.38 bits per heavy atom. The molecule has 0 aromatic rings. The van der Waals surface area contributed by atoms with Crippen LogP contribution in [0.4, 0.5) is 0 Å². The highest BCUT2D eigenvalue weighted by atomic mass is 16.5. The first-order valence-corrected chi connectivity index (χ1v) is 4.86. The normalized spacial score (nSPS) is 27.5. The van der Waals surface area contributed by atoms with Crippen LogP contribution in [0, 0.1) is 5.92 Å². The molecule has 1 rings (SSSR count). The van der Waals surface area contributed by atoms with Gasteiger partial charge in [-0.15, -0.1) is 0 Å². The highest BCUT2D eigenvalue weighted by Crippen LogP contribution is 2.13. The van der Waals surface area contributed by atoms with E-state index in [1.54, 1.807) is 0 Å². The van der Waals surface area contributed by atoms with E-state index in [0.29, 0.717) is 18.9 Å². The summed E-state index contributed by atoms with van der Waals surface area (Å²) >= 11 is 0. The average Bonchev–Trinajstić information content (AvgIpc) is 2.48. The summed E-state index contributed by atoms with van der Waals surface area (Å²) in [4.78, 5) is 11.0. The maximum Gasteiger partial charge on any atom is 0.305 e. The second-order valence-electron chi connectivity index (χ2n) is 3.43. The summed E-state index contributed by atoms with van der Waals surface area (Å²) in [6.45, 7) is 4.09. The van der Waals surface area contributed by atoms with Crippen LogP contribution in [-0.4, -0.2) is 31.7 Å². The molecule has 0 spiro atoms. The molecule has 0 aliphatic carbocycles. The van der Waals surface area contributed by atoms with Gasteiger partial charge in [-0.2, -0.15) is 0 Å². The molecule has 1 saturated heterocycles. The summed E-state index contributed by atoms with van der Waals surface area (Å²) in [5, 5.41) is 3.20. The SMILES string of the molecule is CCOC(=O)CCC1CNCC1N. The molecular weight excluding hydrogens is 168 g/mol. The first kappa shape index (κ1) is 10.5. The van der Waals surface area contributed by atoms with Gasteiger partial charge in [0.15, 0.2) is 0 Å². The lowest BCUT2D eigenvalue weighted by Crippen LogP contribution is -2.29. The molecule has 1 fully saturated rings. The van der Waals surface area contributed by atoms with Gasteiger partial charge in [-0.25, -0.2) is 0 Å². The van der Waals surface area contributed by atoms with Gasteiger partial charge in [0.1, 0.15) is 0 Å². The van der Waals surface area contributed by atoms with Gasteiger partial charge in [-0.05, 0) is 25.8 Å². The van der Waals surface area contributed by atoms with Crippen molar-refractivity contribution in [1.82, 2.24) is 5.32 Å². The zero-order valence-corrected chi connectivity index (χ0v) is 8.08. The topological polar surface area (TPSA) is 64.3 Å². The van der Waals surface area contributed by atoms with Gasteiger partial charge in [-0.3, -0.25) is 4.79 Å². The molecule has 0 saturated carbocycles. The zero-order chi connectivity index (χ0) is 9.68. The Kier molecular flexibility index (Phi) is 4.18. The number of nitrogens with two attached hydrogens (primary N) is 1. The van der Waals surface area contributed by atoms with Crippen LogP contribution in [0.1, 0.15) is 19.8 Å². The molecule has 0 aromatic heterocycles. The minimum absolute atomic E-state index is 0.110. The molecule has 3 N–H and O–H groups in total. The van der Waals surface area contributed by atoms with Crippen molar-refractivity contribution in [2.75, 3.05) is 19.7 Å². The van der Waals surface area contributed by atoms with Crippen molar-refractivity contribution >= 4 is 5.97 Å². The highest BCUT2D eigenvalue weighted by molar-refractivity contribution is 5.69. The van der Waals surface area contributed by atoms with Crippen LogP contribution in [0.15, 0.2) is 0 Å². The van der Waals surface area contributed by atoms with E-state index in [9.17, 15) is 4.79 Å². The van der Waals surface area contributed by atoms with Crippen LogP contribution in [0.5, 0.6) is 0 Å². The van der Waals surface area contributed by atoms with Crippen molar-refractivity contribution in [3.63, 3.8) is 0 Å². The monoisotopic (exact) mass is 186 g/mol. The molecule has 4 heteroatoms. The maximum atomic E-state index is 11.0. The predicted molar refractivity (Wildman–Crippen MR) is 50.2 cm³/mol. The number of hydrogen-bond donors (Lipinski definition) is 2. The molecule has 1 aliphatic heterocycles. The molecule has 1 heterocycles. The first-order chi connectivity index (χ1) is 6.24. The number of esters is 1. The van der Waals surface area contributed by atoms with E-state index in [4.69, 9.17) is 10.5 Å². The summed E-state index contributed by atoms with van der Waals surface area (Å²) < 4.78 is 4.84. The first-order valence-electron chi connectivity index (χ1n) is 4.86. The van der Waals surface area contributed by atoms with E-state index in [0.717, 1.165) is 19.5 Å². The van der Waals surface area contributed by atoms with Crippen LogP contribution >= 0.6 is 0 Å². The predicted octanol–water partition coefficient (Wildman–Crippen LogP) is -0.124. The fourth-order valence-electron chi connectivity index (χ4n) is 1.61. The molecule has 2 unspecified atom stereocenters. The van der Waals surface area contributed by atoms with Gasteiger partial charge in [0.05, 0.1) is 6.61 Å². The Labute approximate surface area is 78.8 Å². The average molecular weight is 186 g/mol. The Bertz CT molecular complexity index is 173. The Balaban J connectivity index is 2.14. The fourth-order valence-corrected chi connectivity index (χ4v) is 1.61. The molecule has 13 heavy (non-hydrogen) atoms. The minimum atomic E-state index is -0.110. The number of nitrogens with one attached hydrogen (secondary N) is 1. The number of hydrogen-bond acceptors (Lipinski definition) is 4. The summed E-state index contributed by atoms with van der Waals surface area (Å²) in [7, 11) is 0. The van der Waals surface area contributed by atoms with E-state index < -0.39 is 0 Å². The Morgan fingerprint density at radius 1 is 1.62 bits per heavy atom. The summed E-state index contributed by atoms with van der Waals surface area (Å²) in [5.41, 5.74) is 5.82. The van der Waals surface area contributed by atoms with E-state index in [-0.39, 0.29) is 12.0 Å². The maximum absolute atomic E-state index is 11.0. The van der Waals surface area contributed by atoms with Crippen molar-refractivity contribution in [3.05, 3.63) is 0 Å². The quantitative estimate of drug-likeness (QED) is 0.601. The van der Waals surface area contributed by atoms with E-state index in [2.05, 4.69) is 5.32 Å². The summed E-state index contributed by atoms with van der Waals surface area (Å²) in [5.74, 6) is 0.325. The van der Waals surface area contributed by atoms with Gasteiger partial charge < -0.3 is 15.8 Å². The lowest BCUT2D eigenvalue weighted by Gasteiger charge is -2.12. The standard InChI is InChI=1S/C9H18N2O2/c1-2-13-9(12)4-3-7-5-11-6-8(7)10/h7-8,11H,2-6,10H2,1H3. The van der Waals surface area contributed by atoms with Crippen molar-refractivity contribution in [1.29, 1.82) is 0 Å². The van der Waals surface area contributed by atoms with Crippen molar-refractivity contribution < 1.29 is 9.53 Å². The second-order valence-corrected chi connectivity index (χ2v) is 3.43. The van der Waals surface area contributed by atoms with E-state index in [1.165, 1.54) is 0 Å². The highest BCUT2D eigenvalue weighted by Gasteiger charge is 2.23. The van der Waals surface area contributed by atoms with E-state index >= 15 is 0 Å². The molecule has 76 valence electrons. The number of carbonyl (C=O) groups excluding carboxylic acids is 1. The van der Waals surface area contributed by atoms with Crippen LogP contribution < -0.4 is 11.1 Å². The molecule has 2 atom stereocenters. The smallest absolute Gasteiger partial charge is 0.305 e. The van der Waals surface area contributed by atoms with Gasteiger partial charge >= 0.3 is 5.97 Å². The molecule has 0 radical (unpaired) electrons. The molecule has 0 amide bonds. The van der Waals surface area contributed by atoms with Gasteiger partial charge in [-0.1, -0.05) is 0 Å². The minimum Gasteiger partial charge on any atom is -0.466 e. The number of rotatable bonds is 4. The van der Waals surface area contributed by atoms with Crippen LogP contribution in [0.25, 0.3) is 0 Å². The zero-order valence-electron chi connectivity index (χ0n) is 8.08. The molecule has 0 aromatic carbocycles.